The van der Waals surface area contributed by atoms with Crippen LogP contribution in [-0.4, -0.2) is 34.6 Å². The Hall–Kier alpha value is -1.18. The van der Waals surface area contributed by atoms with Crippen molar-refractivity contribution in [1.82, 2.24) is 29.5 Å². The molecule has 0 aliphatic heterocycles. The molecular weight excluding hydrogens is 267 g/mol. The zero-order valence-corrected chi connectivity index (χ0v) is 11.1. The largest absolute Gasteiger partial charge is 0.388 e. The van der Waals surface area contributed by atoms with Gasteiger partial charge in [-0.25, -0.2) is 9.97 Å². The number of aryl methyl sites for hydroxylation is 2. The van der Waals surface area contributed by atoms with E-state index in [2.05, 4.69) is 20.2 Å². The molecule has 0 aliphatic rings. The highest BCUT2D eigenvalue weighted by Gasteiger charge is 1.94. The van der Waals surface area contributed by atoms with E-state index in [0.717, 1.165) is 5.82 Å². The maximum atomic E-state index is 8.48. The SMILES string of the molecule is Cl.Cn1ncnc1CCl.Cn1ncnc1CO. The van der Waals surface area contributed by atoms with Crippen LogP contribution in [0.1, 0.15) is 11.6 Å². The topological polar surface area (TPSA) is 81.7 Å². The summed E-state index contributed by atoms with van der Waals surface area (Å²) < 4.78 is 3.17. The molecule has 17 heavy (non-hydrogen) atoms. The van der Waals surface area contributed by atoms with E-state index in [1.54, 1.807) is 11.7 Å². The predicted octanol–water partition coefficient (Wildman–Crippen LogP) is 0.283. The summed E-state index contributed by atoms with van der Waals surface area (Å²) in [6.07, 6.45) is 2.89. The van der Waals surface area contributed by atoms with E-state index in [1.807, 2.05) is 7.05 Å². The van der Waals surface area contributed by atoms with Crippen molar-refractivity contribution in [3.63, 3.8) is 0 Å². The molecule has 0 unspecified atom stereocenters. The van der Waals surface area contributed by atoms with Crippen LogP contribution in [0.4, 0.5) is 0 Å². The summed E-state index contributed by atoms with van der Waals surface area (Å²) >= 11 is 5.45. The van der Waals surface area contributed by atoms with E-state index in [0.29, 0.717) is 11.7 Å². The van der Waals surface area contributed by atoms with E-state index < -0.39 is 0 Å². The standard InChI is InChI=1S/C4H6ClN3.C4H7N3O.ClH/c1-8-4(2-5)6-3-7-8;1-7-4(2-8)5-3-6-7;/h3H,2H2,1H3;3,8H,2H2,1H3;1H. The molecule has 2 heterocycles. The second-order valence-electron chi connectivity index (χ2n) is 2.89. The number of hydrogen-bond acceptors (Lipinski definition) is 5. The van der Waals surface area contributed by atoms with Gasteiger partial charge in [0.2, 0.25) is 0 Å². The lowest BCUT2D eigenvalue weighted by Crippen LogP contribution is -1.97. The van der Waals surface area contributed by atoms with Crippen molar-refractivity contribution in [2.75, 3.05) is 0 Å². The summed E-state index contributed by atoms with van der Waals surface area (Å²) in [5, 5.41) is 16.0. The van der Waals surface area contributed by atoms with Crippen LogP contribution in [-0.2, 0) is 26.6 Å². The monoisotopic (exact) mass is 280 g/mol. The van der Waals surface area contributed by atoms with Crippen LogP contribution >= 0.6 is 24.0 Å². The molecule has 0 bridgehead atoms. The zero-order chi connectivity index (χ0) is 12.0. The van der Waals surface area contributed by atoms with E-state index >= 15 is 0 Å². The summed E-state index contributed by atoms with van der Waals surface area (Å²) in [5.74, 6) is 1.81. The number of nitrogens with zero attached hydrogens (tertiary/aromatic N) is 6. The van der Waals surface area contributed by atoms with Crippen LogP contribution in [0.25, 0.3) is 0 Å². The fourth-order valence-electron chi connectivity index (χ4n) is 0.904. The molecule has 0 saturated carbocycles. The second-order valence-corrected chi connectivity index (χ2v) is 3.16. The van der Waals surface area contributed by atoms with Crippen LogP contribution in [0.2, 0.25) is 0 Å². The van der Waals surface area contributed by atoms with Gasteiger partial charge in [0, 0.05) is 14.1 Å². The number of aromatic nitrogens is 6. The molecular formula is C8H14Cl2N6O. The number of alkyl halides is 1. The number of aliphatic hydroxyl groups excluding tert-OH is 1. The molecule has 96 valence electrons. The lowest BCUT2D eigenvalue weighted by Gasteiger charge is -1.89. The van der Waals surface area contributed by atoms with Gasteiger partial charge in [-0.1, -0.05) is 0 Å². The molecule has 1 N–H and O–H groups in total. The van der Waals surface area contributed by atoms with Gasteiger partial charge in [0.1, 0.15) is 25.1 Å². The minimum atomic E-state index is -0.0451. The minimum absolute atomic E-state index is 0. The first-order valence-electron chi connectivity index (χ1n) is 4.51. The number of hydrogen-bond donors (Lipinski definition) is 1. The first kappa shape index (κ1) is 15.8. The molecule has 0 amide bonds. The summed E-state index contributed by atoms with van der Waals surface area (Å²) in [5.41, 5.74) is 0. The molecule has 2 aromatic heterocycles. The molecule has 0 spiro atoms. The Morgan fingerprint density at radius 2 is 1.59 bits per heavy atom. The summed E-state index contributed by atoms with van der Waals surface area (Å²) in [6, 6.07) is 0. The highest BCUT2D eigenvalue weighted by molar-refractivity contribution is 6.16. The van der Waals surface area contributed by atoms with Gasteiger partial charge in [-0.3, -0.25) is 9.36 Å². The molecule has 0 atom stereocenters. The number of rotatable bonds is 2. The zero-order valence-electron chi connectivity index (χ0n) is 9.49. The molecule has 9 heteroatoms. The van der Waals surface area contributed by atoms with Gasteiger partial charge in [0.25, 0.3) is 0 Å². The lowest BCUT2D eigenvalue weighted by atomic mass is 10.7. The Bertz CT molecular complexity index is 389. The fraction of sp³-hybridized carbons (Fsp3) is 0.500. The van der Waals surface area contributed by atoms with Crippen LogP contribution in [0, 0.1) is 0 Å². The van der Waals surface area contributed by atoms with Crippen LogP contribution in [0.15, 0.2) is 12.7 Å². The van der Waals surface area contributed by atoms with Crippen LogP contribution in [0.3, 0.4) is 0 Å². The van der Waals surface area contributed by atoms with Crippen molar-refractivity contribution in [2.24, 2.45) is 14.1 Å². The third kappa shape index (κ3) is 4.68. The van der Waals surface area contributed by atoms with Crippen molar-refractivity contribution in [2.45, 2.75) is 12.5 Å². The summed E-state index contributed by atoms with van der Waals surface area (Å²) in [6.45, 7) is -0.0451. The minimum Gasteiger partial charge on any atom is -0.388 e. The molecule has 0 aromatic carbocycles. The van der Waals surface area contributed by atoms with Gasteiger partial charge in [0.15, 0.2) is 5.82 Å². The van der Waals surface area contributed by atoms with Crippen molar-refractivity contribution in [3.05, 3.63) is 24.3 Å². The smallest absolute Gasteiger partial charge is 0.152 e. The normalized spacial score (nSPS) is 9.18. The first-order chi connectivity index (χ1) is 7.69. The van der Waals surface area contributed by atoms with Gasteiger partial charge >= 0.3 is 0 Å². The predicted molar refractivity (Wildman–Crippen MR) is 64.7 cm³/mol. The molecule has 0 aliphatic carbocycles. The summed E-state index contributed by atoms with van der Waals surface area (Å²) in [7, 11) is 3.54. The summed E-state index contributed by atoms with van der Waals surface area (Å²) in [4.78, 5) is 7.59. The van der Waals surface area contributed by atoms with E-state index in [1.165, 1.54) is 17.3 Å². The molecule has 0 fully saturated rings. The third-order valence-electron chi connectivity index (χ3n) is 1.87. The Kier molecular flexibility index (Phi) is 7.44. The van der Waals surface area contributed by atoms with E-state index in [4.69, 9.17) is 16.7 Å². The Morgan fingerprint density at radius 1 is 1.12 bits per heavy atom. The molecule has 2 rings (SSSR count). The second kappa shape index (κ2) is 7.99. The average molecular weight is 281 g/mol. The van der Waals surface area contributed by atoms with E-state index in [9.17, 15) is 0 Å². The fourth-order valence-corrected chi connectivity index (χ4v) is 1.15. The van der Waals surface area contributed by atoms with Crippen molar-refractivity contribution < 1.29 is 5.11 Å². The lowest BCUT2D eigenvalue weighted by molar-refractivity contribution is 0.265. The van der Waals surface area contributed by atoms with Crippen molar-refractivity contribution in [3.8, 4) is 0 Å². The van der Waals surface area contributed by atoms with Gasteiger partial charge in [0.05, 0.1) is 5.88 Å². The number of halogens is 2. The molecule has 0 saturated heterocycles. The molecule has 0 radical (unpaired) electrons. The Balaban J connectivity index is 0.000000284. The highest BCUT2D eigenvalue weighted by Crippen LogP contribution is 1.93. The quantitative estimate of drug-likeness (QED) is 0.800. The van der Waals surface area contributed by atoms with Crippen LogP contribution in [0.5, 0.6) is 0 Å². The highest BCUT2D eigenvalue weighted by atomic mass is 35.5. The molecule has 7 nitrogen and oxygen atoms in total. The average Bonchev–Trinajstić information content (AvgIpc) is 2.87. The van der Waals surface area contributed by atoms with Crippen molar-refractivity contribution >= 4 is 24.0 Å². The van der Waals surface area contributed by atoms with Crippen LogP contribution < -0.4 is 0 Å². The maximum absolute atomic E-state index is 8.48. The molecule has 2 aromatic rings. The first-order valence-corrected chi connectivity index (χ1v) is 5.05. The van der Waals surface area contributed by atoms with Gasteiger partial charge < -0.3 is 5.11 Å². The third-order valence-corrected chi connectivity index (χ3v) is 2.11. The van der Waals surface area contributed by atoms with Gasteiger partial charge in [-0.2, -0.15) is 10.2 Å². The Labute approximate surface area is 110 Å². The van der Waals surface area contributed by atoms with Crippen molar-refractivity contribution in [1.29, 1.82) is 0 Å². The van der Waals surface area contributed by atoms with Gasteiger partial charge in [-0.15, -0.1) is 24.0 Å². The van der Waals surface area contributed by atoms with Gasteiger partial charge in [-0.05, 0) is 0 Å². The number of aliphatic hydroxyl groups is 1. The van der Waals surface area contributed by atoms with E-state index in [-0.39, 0.29) is 19.0 Å². The Morgan fingerprint density at radius 3 is 1.76 bits per heavy atom. The maximum Gasteiger partial charge on any atom is 0.152 e.